The molecule has 2 aromatic carbocycles. The molecular formula is C14H13NOS2. The second-order valence-corrected chi connectivity index (χ2v) is 5.11. The zero-order chi connectivity index (χ0) is 12.8. The summed E-state index contributed by atoms with van der Waals surface area (Å²) in [6.07, 6.45) is 0. The molecule has 0 atom stereocenters. The minimum absolute atomic E-state index is 0.0956. The molecule has 18 heavy (non-hydrogen) atoms. The number of amides is 1. The SMILES string of the molecule is O=C(CS)Nc1ccc(Sc2ccccc2)cc1. The first-order valence-electron chi connectivity index (χ1n) is 5.51. The Labute approximate surface area is 116 Å². The maximum atomic E-state index is 11.2. The van der Waals surface area contributed by atoms with Crippen molar-refractivity contribution in [3.63, 3.8) is 0 Å². The Morgan fingerprint density at radius 2 is 1.61 bits per heavy atom. The minimum atomic E-state index is -0.0956. The van der Waals surface area contributed by atoms with E-state index in [1.54, 1.807) is 11.8 Å². The summed E-state index contributed by atoms with van der Waals surface area (Å²) in [5.74, 6) is 0.0994. The van der Waals surface area contributed by atoms with Crippen LogP contribution in [0.4, 0.5) is 5.69 Å². The predicted molar refractivity (Wildman–Crippen MR) is 79.5 cm³/mol. The summed E-state index contributed by atoms with van der Waals surface area (Å²) in [4.78, 5) is 13.5. The average molecular weight is 275 g/mol. The fraction of sp³-hybridized carbons (Fsp3) is 0.0714. The molecule has 0 aliphatic heterocycles. The zero-order valence-electron chi connectivity index (χ0n) is 9.67. The number of rotatable bonds is 4. The van der Waals surface area contributed by atoms with Gasteiger partial charge in [-0.25, -0.2) is 0 Å². The van der Waals surface area contributed by atoms with Gasteiger partial charge in [0, 0.05) is 15.5 Å². The van der Waals surface area contributed by atoms with Crippen LogP contribution in [0.15, 0.2) is 64.4 Å². The maximum absolute atomic E-state index is 11.2. The van der Waals surface area contributed by atoms with Gasteiger partial charge in [0.15, 0.2) is 0 Å². The first kappa shape index (κ1) is 13.1. The molecule has 0 spiro atoms. The number of anilines is 1. The molecule has 0 aromatic heterocycles. The summed E-state index contributed by atoms with van der Waals surface area (Å²) in [5.41, 5.74) is 0.798. The van der Waals surface area contributed by atoms with Crippen LogP contribution < -0.4 is 5.32 Å². The summed E-state index contributed by atoms with van der Waals surface area (Å²) >= 11 is 5.61. The van der Waals surface area contributed by atoms with Crippen molar-refractivity contribution in [1.29, 1.82) is 0 Å². The van der Waals surface area contributed by atoms with E-state index in [2.05, 4.69) is 30.1 Å². The van der Waals surface area contributed by atoms with Crippen LogP contribution in [-0.2, 0) is 4.79 Å². The Morgan fingerprint density at radius 3 is 2.22 bits per heavy atom. The normalized spacial score (nSPS) is 10.1. The Bertz CT molecular complexity index is 511. The van der Waals surface area contributed by atoms with Gasteiger partial charge in [-0.2, -0.15) is 12.6 Å². The number of hydrogen-bond donors (Lipinski definition) is 2. The second-order valence-electron chi connectivity index (χ2n) is 3.65. The quantitative estimate of drug-likeness (QED) is 0.833. The van der Waals surface area contributed by atoms with E-state index in [4.69, 9.17) is 0 Å². The van der Waals surface area contributed by atoms with Crippen molar-refractivity contribution in [3.8, 4) is 0 Å². The third-order valence-corrected chi connectivity index (χ3v) is 3.56. The van der Waals surface area contributed by atoms with Gasteiger partial charge in [0.25, 0.3) is 0 Å². The van der Waals surface area contributed by atoms with Crippen molar-refractivity contribution >= 4 is 36.0 Å². The fourth-order valence-electron chi connectivity index (χ4n) is 1.43. The van der Waals surface area contributed by atoms with Crippen LogP contribution in [0, 0.1) is 0 Å². The minimum Gasteiger partial charge on any atom is -0.325 e. The summed E-state index contributed by atoms with van der Waals surface area (Å²) in [7, 11) is 0. The van der Waals surface area contributed by atoms with E-state index < -0.39 is 0 Å². The molecule has 1 N–H and O–H groups in total. The second kappa shape index (κ2) is 6.52. The third kappa shape index (κ3) is 3.82. The number of carbonyl (C=O) groups is 1. The van der Waals surface area contributed by atoms with Crippen LogP contribution >= 0.6 is 24.4 Å². The van der Waals surface area contributed by atoms with E-state index in [1.807, 2.05) is 42.5 Å². The molecule has 2 rings (SSSR count). The maximum Gasteiger partial charge on any atom is 0.234 e. The van der Waals surface area contributed by atoms with Crippen molar-refractivity contribution in [2.45, 2.75) is 9.79 Å². The van der Waals surface area contributed by atoms with Gasteiger partial charge in [0.2, 0.25) is 5.91 Å². The van der Waals surface area contributed by atoms with Crippen molar-refractivity contribution in [1.82, 2.24) is 0 Å². The van der Waals surface area contributed by atoms with Gasteiger partial charge in [-0.3, -0.25) is 4.79 Å². The molecule has 0 unspecified atom stereocenters. The molecule has 0 saturated carbocycles. The highest BCUT2D eigenvalue weighted by Crippen LogP contribution is 2.28. The zero-order valence-corrected chi connectivity index (χ0v) is 11.4. The van der Waals surface area contributed by atoms with Crippen LogP contribution in [0.5, 0.6) is 0 Å². The standard InChI is InChI=1S/C14H13NOS2/c16-14(10-17)15-11-6-8-13(9-7-11)18-12-4-2-1-3-5-12/h1-9,17H,10H2,(H,15,16). The highest BCUT2D eigenvalue weighted by molar-refractivity contribution is 7.99. The first-order valence-corrected chi connectivity index (χ1v) is 6.96. The van der Waals surface area contributed by atoms with E-state index in [1.165, 1.54) is 4.90 Å². The third-order valence-electron chi connectivity index (χ3n) is 2.26. The average Bonchev–Trinajstić information content (AvgIpc) is 2.42. The van der Waals surface area contributed by atoms with Crippen molar-refractivity contribution in [2.24, 2.45) is 0 Å². The van der Waals surface area contributed by atoms with Crippen LogP contribution in [0.2, 0.25) is 0 Å². The number of carbonyl (C=O) groups excluding carboxylic acids is 1. The van der Waals surface area contributed by atoms with E-state index >= 15 is 0 Å². The van der Waals surface area contributed by atoms with Gasteiger partial charge in [0.1, 0.15) is 0 Å². The molecule has 0 aliphatic carbocycles. The summed E-state index contributed by atoms with van der Waals surface area (Å²) < 4.78 is 0. The Kier molecular flexibility index (Phi) is 4.73. The topological polar surface area (TPSA) is 29.1 Å². The number of nitrogens with one attached hydrogen (secondary N) is 1. The smallest absolute Gasteiger partial charge is 0.234 e. The van der Waals surface area contributed by atoms with Crippen LogP contribution in [-0.4, -0.2) is 11.7 Å². The van der Waals surface area contributed by atoms with Gasteiger partial charge < -0.3 is 5.32 Å². The molecule has 2 nitrogen and oxygen atoms in total. The van der Waals surface area contributed by atoms with E-state index in [9.17, 15) is 4.79 Å². The fourth-order valence-corrected chi connectivity index (χ4v) is 2.35. The summed E-state index contributed by atoms with van der Waals surface area (Å²) in [6, 6.07) is 18.0. The van der Waals surface area contributed by atoms with E-state index in [0.717, 1.165) is 10.6 Å². The Morgan fingerprint density at radius 1 is 1.00 bits per heavy atom. The van der Waals surface area contributed by atoms with Crippen molar-refractivity contribution < 1.29 is 4.79 Å². The lowest BCUT2D eigenvalue weighted by Crippen LogP contribution is -2.12. The van der Waals surface area contributed by atoms with E-state index in [0.29, 0.717) is 0 Å². The monoisotopic (exact) mass is 275 g/mol. The van der Waals surface area contributed by atoms with Crippen molar-refractivity contribution in [2.75, 3.05) is 11.1 Å². The molecule has 1 amide bonds. The summed E-state index contributed by atoms with van der Waals surface area (Å²) in [6.45, 7) is 0. The molecule has 2 aromatic rings. The van der Waals surface area contributed by atoms with Gasteiger partial charge in [0.05, 0.1) is 5.75 Å². The van der Waals surface area contributed by atoms with Gasteiger partial charge >= 0.3 is 0 Å². The molecular weight excluding hydrogens is 262 g/mol. The number of hydrogen-bond acceptors (Lipinski definition) is 3. The molecule has 0 bridgehead atoms. The highest BCUT2D eigenvalue weighted by Gasteiger charge is 2.00. The number of benzene rings is 2. The molecule has 92 valence electrons. The molecule has 0 aliphatic rings. The van der Waals surface area contributed by atoms with E-state index in [-0.39, 0.29) is 11.7 Å². The van der Waals surface area contributed by atoms with Crippen LogP contribution in [0.25, 0.3) is 0 Å². The molecule has 0 heterocycles. The number of thiol groups is 1. The molecule has 0 fully saturated rings. The van der Waals surface area contributed by atoms with Crippen LogP contribution in [0.1, 0.15) is 0 Å². The van der Waals surface area contributed by atoms with Gasteiger partial charge in [-0.05, 0) is 36.4 Å². The largest absolute Gasteiger partial charge is 0.325 e. The lowest BCUT2D eigenvalue weighted by Gasteiger charge is -2.05. The van der Waals surface area contributed by atoms with Crippen molar-refractivity contribution in [3.05, 3.63) is 54.6 Å². The summed E-state index contributed by atoms with van der Waals surface area (Å²) in [5, 5.41) is 2.76. The predicted octanol–water partition coefficient (Wildman–Crippen LogP) is 3.71. The molecule has 0 saturated heterocycles. The lowest BCUT2D eigenvalue weighted by molar-refractivity contribution is -0.113. The lowest BCUT2D eigenvalue weighted by atomic mass is 10.3. The molecule has 4 heteroatoms. The Hall–Kier alpha value is -1.39. The Balaban J connectivity index is 2.02. The highest BCUT2D eigenvalue weighted by atomic mass is 32.2. The van der Waals surface area contributed by atoms with Gasteiger partial charge in [-0.15, -0.1) is 0 Å². The molecule has 0 radical (unpaired) electrons. The van der Waals surface area contributed by atoms with Gasteiger partial charge in [-0.1, -0.05) is 30.0 Å². The first-order chi connectivity index (χ1) is 8.78. The van der Waals surface area contributed by atoms with Crippen LogP contribution in [0.3, 0.4) is 0 Å².